The number of hydrogen-bond donors (Lipinski definition) is 7. The molecule has 0 saturated heterocycles. The number of aliphatic hydroxyl groups excluding tert-OH is 6. The second kappa shape index (κ2) is 20.0. The molecule has 1 atom stereocenters. The summed E-state index contributed by atoms with van der Waals surface area (Å²) in [7, 11) is -4.08. The highest BCUT2D eigenvalue weighted by Crippen LogP contribution is 2.57. The maximum absolute atomic E-state index is 10.7. The van der Waals surface area contributed by atoms with E-state index in [0.717, 1.165) is 49.4 Å². The number of aliphatic carboxylic acids is 1. The topological polar surface area (TPSA) is 159 Å². The highest BCUT2D eigenvalue weighted by molar-refractivity contribution is 8.00. The Kier molecular flexibility index (Phi) is 20.5. The van der Waals surface area contributed by atoms with Crippen molar-refractivity contribution in [2.45, 2.75) is 50.2 Å². The Morgan fingerprint density at radius 1 is 0.656 bits per heavy atom. The molecule has 0 heterocycles. The van der Waals surface area contributed by atoms with Crippen LogP contribution in [-0.4, -0.2) is 115 Å². The second-order valence-corrected chi connectivity index (χ2v) is 18.8. The number of carbonyl (C=O) groups is 1. The van der Waals surface area contributed by atoms with Crippen LogP contribution in [0, 0.1) is 0 Å². The zero-order valence-corrected chi connectivity index (χ0v) is 22.5. The molecule has 0 spiro atoms. The standard InChI is InChI=1S/C20H43O8P2S2/c21-13-29(14-22,15-23)8-3-10-31-12-7-19(5-1-2-6-20(27)28)32-11-4-9-30(16-24,17-25)18-26/h19,21-26H,1-18H2/q+1/p+1. The van der Waals surface area contributed by atoms with Crippen LogP contribution >= 0.6 is 38.0 Å². The van der Waals surface area contributed by atoms with Crippen molar-refractivity contribution in [1.82, 2.24) is 0 Å². The molecule has 32 heavy (non-hydrogen) atoms. The first-order valence-corrected chi connectivity index (χ1v) is 18.4. The Bertz CT molecular complexity index is 452. The van der Waals surface area contributed by atoms with E-state index in [2.05, 4.69) is 0 Å². The third-order valence-electron chi connectivity index (χ3n) is 5.60. The lowest BCUT2D eigenvalue weighted by atomic mass is 10.1. The number of unbranched alkanes of at least 4 members (excludes halogenated alkanes) is 1. The van der Waals surface area contributed by atoms with Crippen molar-refractivity contribution in [2.75, 3.05) is 67.7 Å². The lowest BCUT2D eigenvalue weighted by molar-refractivity contribution is -0.137. The predicted molar refractivity (Wildman–Crippen MR) is 140 cm³/mol. The molecule has 1 unspecified atom stereocenters. The predicted octanol–water partition coefficient (Wildman–Crippen LogP) is 2.37. The fourth-order valence-corrected chi connectivity index (χ4v) is 9.01. The van der Waals surface area contributed by atoms with Crippen LogP contribution in [-0.2, 0) is 4.79 Å². The van der Waals surface area contributed by atoms with E-state index >= 15 is 0 Å². The highest BCUT2D eigenvalue weighted by Gasteiger charge is 2.35. The van der Waals surface area contributed by atoms with E-state index in [1.807, 2.05) is 23.5 Å². The van der Waals surface area contributed by atoms with Gasteiger partial charge in [-0.25, -0.2) is 0 Å². The van der Waals surface area contributed by atoms with Crippen molar-refractivity contribution >= 4 is 44.0 Å². The third-order valence-corrected chi connectivity index (χ3v) is 14.3. The smallest absolute Gasteiger partial charge is 0.303 e. The molecule has 0 aromatic heterocycles. The molecular weight excluding hydrogens is 494 g/mol. The molecule has 0 aliphatic rings. The Balaban J connectivity index is 4.35. The summed E-state index contributed by atoms with van der Waals surface area (Å²) in [6.07, 6.45) is 5.95. The van der Waals surface area contributed by atoms with Gasteiger partial charge in [0.25, 0.3) is 0 Å². The minimum atomic E-state index is -2.06. The van der Waals surface area contributed by atoms with Crippen LogP contribution in [0.2, 0.25) is 0 Å². The summed E-state index contributed by atoms with van der Waals surface area (Å²) in [5, 5.41) is 66.0. The van der Waals surface area contributed by atoms with E-state index in [4.69, 9.17) is 5.11 Å². The quantitative estimate of drug-likeness (QED) is 0.0761. The molecule has 8 nitrogen and oxygen atoms in total. The monoisotopic (exact) mass is 538 g/mol. The maximum Gasteiger partial charge on any atom is 0.303 e. The average molecular weight is 539 g/mol. The molecule has 192 valence electrons. The molecule has 0 rings (SSSR count). The van der Waals surface area contributed by atoms with Gasteiger partial charge in [-0.2, -0.15) is 23.5 Å². The third kappa shape index (κ3) is 14.2. The molecule has 0 amide bonds. The number of hydrogen-bond acceptors (Lipinski definition) is 9. The van der Waals surface area contributed by atoms with Crippen molar-refractivity contribution in [2.24, 2.45) is 0 Å². The van der Waals surface area contributed by atoms with Gasteiger partial charge in [-0.3, -0.25) is 4.79 Å². The van der Waals surface area contributed by atoms with E-state index in [1.54, 1.807) is 0 Å². The summed E-state index contributed by atoms with van der Waals surface area (Å²) < 4.78 is 0. The van der Waals surface area contributed by atoms with Crippen LogP contribution in [0.15, 0.2) is 0 Å². The Morgan fingerprint density at radius 3 is 1.62 bits per heavy atom. The van der Waals surface area contributed by atoms with Gasteiger partial charge in [0.15, 0.2) is 38.1 Å². The number of carboxylic acids is 1. The molecule has 0 bridgehead atoms. The molecule has 0 aromatic rings. The molecule has 7 N–H and O–H groups in total. The first-order valence-electron chi connectivity index (χ1n) is 11.1. The molecule has 0 aliphatic heterocycles. The number of thioether (sulfide) groups is 2. The zero-order chi connectivity index (χ0) is 24.3. The van der Waals surface area contributed by atoms with E-state index < -0.39 is 20.5 Å². The van der Waals surface area contributed by atoms with Crippen LogP contribution in [0.1, 0.15) is 44.9 Å². The summed E-state index contributed by atoms with van der Waals surface area (Å²) >= 11 is 3.67. The van der Waals surface area contributed by atoms with E-state index in [9.17, 15) is 35.4 Å². The van der Waals surface area contributed by atoms with Crippen LogP contribution < -0.4 is 0 Å². The first-order chi connectivity index (χ1) is 15.4. The molecule has 12 heteroatoms. The molecule has 0 saturated carbocycles. The largest absolute Gasteiger partial charge is 0.481 e. The van der Waals surface area contributed by atoms with Crippen molar-refractivity contribution in [3.63, 3.8) is 0 Å². The lowest BCUT2D eigenvalue weighted by Crippen LogP contribution is -2.13. The Morgan fingerprint density at radius 2 is 1.16 bits per heavy atom. The van der Waals surface area contributed by atoms with Gasteiger partial charge in [0.2, 0.25) is 0 Å². The van der Waals surface area contributed by atoms with Gasteiger partial charge >= 0.3 is 5.97 Å². The Hall–Kier alpha value is 0.790. The fourth-order valence-electron chi connectivity index (χ4n) is 3.12. The van der Waals surface area contributed by atoms with Crippen molar-refractivity contribution in [1.29, 1.82) is 0 Å². The van der Waals surface area contributed by atoms with Gasteiger partial charge in [-0.15, -0.1) is 0 Å². The highest BCUT2D eigenvalue weighted by atomic mass is 32.2. The fraction of sp³-hybridized carbons (Fsp3) is 0.950. The molecular formula is C20H44O8P2S2+2. The number of rotatable bonds is 23. The van der Waals surface area contributed by atoms with Crippen molar-refractivity contribution in [3.05, 3.63) is 0 Å². The van der Waals surface area contributed by atoms with Crippen molar-refractivity contribution in [3.8, 4) is 0 Å². The van der Waals surface area contributed by atoms with Gasteiger partial charge in [0.1, 0.15) is 0 Å². The summed E-state index contributed by atoms with van der Waals surface area (Å²) in [5.41, 5.74) is 0. The average Bonchev–Trinajstić information content (AvgIpc) is 2.81. The van der Waals surface area contributed by atoms with Gasteiger partial charge in [-0.1, -0.05) is 6.42 Å². The SMILES string of the molecule is O=C(O)CCCCC(CCSCCC[P+](CO)(CO)CO)SCCC[P+](CO)(CO)CO. The van der Waals surface area contributed by atoms with Gasteiger partial charge < -0.3 is 35.7 Å². The van der Waals surface area contributed by atoms with Crippen molar-refractivity contribution < 1.29 is 40.5 Å². The van der Waals surface area contributed by atoms with E-state index in [1.165, 1.54) is 0 Å². The van der Waals surface area contributed by atoms with Crippen LogP contribution in [0.5, 0.6) is 0 Å². The van der Waals surface area contributed by atoms with E-state index in [0.29, 0.717) is 24.0 Å². The maximum atomic E-state index is 10.7. The van der Waals surface area contributed by atoms with Crippen LogP contribution in [0.4, 0.5) is 0 Å². The molecule has 0 radical (unpaired) electrons. The van der Waals surface area contributed by atoms with Gasteiger partial charge in [0.05, 0.1) is 26.8 Å². The minimum Gasteiger partial charge on any atom is -0.481 e. The van der Waals surface area contributed by atoms with E-state index in [-0.39, 0.29) is 44.5 Å². The lowest BCUT2D eigenvalue weighted by Gasteiger charge is -2.21. The van der Waals surface area contributed by atoms with Gasteiger partial charge in [-0.05, 0) is 49.4 Å². The summed E-state index contributed by atoms with van der Waals surface area (Å²) in [6, 6.07) is 0. The molecule has 0 aliphatic carbocycles. The number of carboxylic acid groups (broad SMARTS) is 1. The summed E-state index contributed by atoms with van der Waals surface area (Å²) in [6.45, 7) is 0. The zero-order valence-electron chi connectivity index (χ0n) is 19.1. The Labute approximate surface area is 202 Å². The minimum absolute atomic E-state index is 0.119. The van der Waals surface area contributed by atoms with Crippen LogP contribution in [0.25, 0.3) is 0 Å². The van der Waals surface area contributed by atoms with Crippen LogP contribution in [0.3, 0.4) is 0 Å². The molecule has 0 fully saturated rings. The molecule has 0 aromatic carbocycles. The second-order valence-electron chi connectivity index (χ2n) is 8.22. The summed E-state index contributed by atoms with van der Waals surface area (Å²) in [5.74, 6) is 2.00. The normalized spacial score (nSPS) is 13.4. The van der Waals surface area contributed by atoms with Gasteiger partial charge in [0, 0.05) is 11.7 Å². The first kappa shape index (κ1) is 32.8. The summed E-state index contributed by atoms with van der Waals surface area (Å²) in [4.78, 5) is 10.7. The number of aliphatic hydroxyl groups is 6.